The second kappa shape index (κ2) is 8.23. The van der Waals surface area contributed by atoms with E-state index in [1.54, 1.807) is 23.9 Å². The zero-order valence-electron chi connectivity index (χ0n) is 10.7. The van der Waals surface area contributed by atoms with E-state index in [-0.39, 0.29) is 11.5 Å². The second-order valence-corrected chi connectivity index (χ2v) is 6.48. The van der Waals surface area contributed by atoms with Gasteiger partial charge in [0.15, 0.2) is 0 Å². The van der Waals surface area contributed by atoms with E-state index in [0.29, 0.717) is 12.1 Å². The Balaban J connectivity index is 2.77. The van der Waals surface area contributed by atoms with E-state index in [2.05, 4.69) is 16.6 Å². The smallest absolute Gasteiger partial charge is 0.240 e. The Hall–Kier alpha value is -1.00. The molecule has 19 heavy (non-hydrogen) atoms. The average molecular weight is 299 g/mol. The van der Waals surface area contributed by atoms with Crippen molar-refractivity contribution in [2.24, 2.45) is 0 Å². The van der Waals surface area contributed by atoms with Crippen LogP contribution < -0.4 is 4.72 Å². The molecule has 0 spiro atoms. The minimum absolute atomic E-state index is 0.196. The summed E-state index contributed by atoms with van der Waals surface area (Å²) in [6.45, 7) is 0.180. The largest absolute Gasteiger partial charge is 0.384 e. The van der Waals surface area contributed by atoms with Gasteiger partial charge in [-0.05, 0) is 36.6 Å². The Kier molecular flexibility index (Phi) is 6.95. The molecule has 0 bridgehead atoms. The molecular formula is C13H17NO3S2. The van der Waals surface area contributed by atoms with E-state index in [9.17, 15) is 8.42 Å². The molecule has 0 unspecified atom stereocenters. The van der Waals surface area contributed by atoms with E-state index in [0.717, 1.165) is 12.2 Å². The summed E-state index contributed by atoms with van der Waals surface area (Å²) in [5.74, 6) is 6.10. The lowest BCUT2D eigenvalue weighted by molar-refractivity contribution is 0.350. The van der Waals surface area contributed by atoms with Gasteiger partial charge in [0.25, 0.3) is 0 Å². The zero-order chi connectivity index (χ0) is 14.1. The summed E-state index contributed by atoms with van der Waals surface area (Å²) < 4.78 is 26.6. The molecule has 0 aromatic heterocycles. The molecule has 0 aliphatic rings. The van der Waals surface area contributed by atoms with Gasteiger partial charge in [-0.15, -0.1) is 0 Å². The first-order chi connectivity index (χ1) is 9.10. The minimum atomic E-state index is -3.48. The fourth-order valence-corrected chi connectivity index (χ4v) is 2.94. The van der Waals surface area contributed by atoms with E-state index in [1.807, 2.05) is 6.26 Å². The highest BCUT2D eigenvalue weighted by Crippen LogP contribution is 2.10. The topological polar surface area (TPSA) is 66.4 Å². The summed E-state index contributed by atoms with van der Waals surface area (Å²) in [4.78, 5) is 0.196. The van der Waals surface area contributed by atoms with Gasteiger partial charge in [-0.1, -0.05) is 17.9 Å². The maximum absolute atomic E-state index is 12.0. The standard InChI is InChI=1S/C13H17NO3S2/c1-18-10-4-8-14-19(16,17)13-7-2-5-12(11-13)6-3-9-15/h2,5,7,11,14-15H,4,8-10H2,1H3. The fraction of sp³-hybridized carbons (Fsp3) is 0.385. The van der Waals surface area contributed by atoms with Crippen molar-refractivity contribution in [3.63, 3.8) is 0 Å². The van der Waals surface area contributed by atoms with E-state index >= 15 is 0 Å². The molecule has 1 aromatic rings. The minimum Gasteiger partial charge on any atom is -0.384 e. The molecule has 0 heterocycles. The summed E-state index contributed by atoms with van der Waals surface area (Å²) in [5, 5.41) is 8.62. The van der Waals surface area contributed by atoms with Crippen LogP contribution in [0, 0.1) is 11.8 Å². The number of hydrogen-bond donors (Lipinski definition) is 2. The van der Waals surface area contributed by atoms with Crippen LogP contribution in [0.2, 0.25) is 0 Å². The molecule has 4 nitrogen and oxygen atoms in total. The number of aliphatic hydroxyl groups is 1. The predicted octanol–water partition coefficient (Wildman–Crippen LogP) is 1.06. The summed E-state index contributed by atoms with van der Waals surface area (Å²) >= 11 is 1.68. The van der Waals surface area contributed by atoms with Crippen LogP contribution in [0.15, 0.2) is 29.2 Å². The molecular weight excluding hydrogens is 282 g/mol. The number of benzene rings is 1. The molecule has 6 heteroatoms. The van der Waals surface area contributed by atoms with Gasteiger partial charge >= 0.3 is 0 Å². The summed E-state index contributed by atoms with van der Waals surface area (Å²) in [6.07, 6.45) is 2.78. The Morgan fingerprint density at radius 3 is 2.89 bits per heavy atom. The van der Waals surface area contributed by atoms with Crippen LogP contribution in [0.5, 0.6) is 0 Å². The van der Waals surface area contributed by atoms with Crippen molar-refractivity contribution in [1.29, 1.82) is 0 Å². The third-order valence-electron chi connectivity index (χ3n) is 2.27. The van der Waals surface area contributed by atoms with Gasteiger partial charge < -0.3 is 5.11 Å². The molecule has 0 saturated carbocycles. The first-order valence-electron chi connectivity index (χ1n) is 5.78. The van der Waals surface area contributed by atoms with Gasteiger partial charge in [0.05, 0.1) is 4.90 Å². The highest BCUT2D eigenvalue weighted by atomic mass is 32.2. The van der Waals surface area contributed by atoms with Gasteiger partial charge in [-0.2, -0.15) is 11.8 Å². The lowest BCUT2D eigenvalue weighted by Crippen LogP contribution is -2.25. The third kappa shape index (κ3) is 5.66. The quantitative estimate of drug-likeness (QED) is 0.609. The first kappa shape index (κ1) is 16.1. The predicted molar refractivity (Wildman–Crippen MR) is 78.6 cm³/mol. The lowest BCUT2D eigenvalue weighted by atomic mass is 10.2. The van der Waals surface area contributed by atoms with Crippen molar-refractivity contribution >= 4 is 21.8 Å². The summed E-state index contributed by atoms with van der Waals surface area (Å²) in [5.41, 5.74) is 0.570. The lowest BCUT2D eigenvalue weighted by Gasteiger charge is -2.06. The van der Waals surface area contributed by atoms with Crippen LogP contribution in [-0.4, -0.2) is 38.7 Å². The number of sulfonamides is 1. The van der Waals surface area contributed by atoms with Crippen LogP contribution in [0.3, 0.4) is 0 Å². The first-order valence-corrected chi connectivity index (χ1v) is 8.66. The second-order valence-electron chi connectivity index (χ2n) is 3.73. The number of aliphatic hydroxyl groups excluding tert-OH is 1. The van der Waals surface area contributed by atoms with E-state index in [4.69, 9.17) is 5.11 Å². The molecule has 0 aliphatic heterocycles. The highest BCUT2D eigenvalue weighted by Gasteiger charge is 2.12. The number of nitrogens with one attached hydrogen (secondary N) is 1. The van der Waals surface area contributed by atoms with Crippen LogP contribution in [0.1, 0.15) is 12.0 Å². The molecule has 0 amide bonds. The maximum Gasteiger partial charge on any atom is 0.240 e. The summed E-state index contributed by atoms with van der Waals surface area (Å²) in [7, 11) is -3.48. The van der Waals surface area contributed by atoms with E-state index in [1.165, 1.54) is 12.1 Å². The molecule has 1 aromatic carbocycles. The van der Waals surface area contributed by atoms with Crippen molar-refractivity contribution in [2.45, 2.75) is 11.3 Å². The van der Waals surface area contributed by atoms with Crippen LogP contribution in [-0.2, 0) is 10.0 Å². The molecule has 0 radical (unpaired) electrons. The maximum atomic E-state index is 12.0. The molecule has 0 atom stereocenters. The van der Waals surface area contributed by atoms with Crippen molar-refractivity contribution in [3.05, 3.63) is 29.8 Å². The van der Waals surface area contributed by atoms with E-state index < -0.39 is 10.0 Å². The Labute approximate surface area is 118 Å². The Morgan fingerprint density at radius 1 is 1.42 bits per heavy atom. The van der Waals surface area contributed by atoms with Crippen LogP contribution in [0.25, 0.3) is 0 Å². The van der Waals surface area contributed by atoms with Crippen LogP contribution in [0.4, 0.5) is 0 Å². The zero-order valence-corrected chi connectivity index (χ0v) is 12.4. The SMILES string of the molecule is CSCCCNS(=O)(=O)c1cccc(C#CCO)c1. The number of hydrogen-bond acceptors (Lipinski definition) is 4. The van der Waals surface area contributed by atoms with Crippen molar-refractivity contribution < 1.29 is 13.5 Å². The Morgan fingerprint density at radius 2 is 2.21 bits per heavy atom. The molecule has 0 fully saturated rings. The van der Waals surface area contributed by atoms with Crippen molar-refractivity contribution in [3.8, 4) is 11.8 Å². The average Bonchev–Trinajstić information content (AvgIpc) is 2.42. The monoisotopic (exact) mass is 299 g/mol. The molecule has 104 valence electrons. The molecule has 1 rings (SSSR count). The van der Waals surface area contributed by atoms with Gasteiger partial charge in [0.1, 0.15) is 6.61 Å². The fourth-order valence-electron chi connectivity index (χ4n) is 1.39. The number of thioether (sulfide) groups is 1. The van der Waals surface area contributed by atoms with Gasteiger partial charge in [-0.3, -0.25) is 0 Å². The van der Waals surface area contributed by atoms with Crippen molar-refractivity contribution in [1.82, 2.24) is 4.72 Å². The number of rotatable bonds is 6. The van der Waals surface area contributed by atoms with Crippen LogP contribution >= 0.6 is 11.8 Å². The van der Waals surface area contributed by atoms with Gasteiger partial charge in [0, 0.05) is 12.1 Å². The van der Waals surface area contributed by atoms with Gasteiger partial charge in [0.2, 0.25) is 10.0 Å². The molecule has 0 aliphatic carbocycles. The highest BCUT2D eigenvalue weighted by molar-refractivity contribution is 7.98. The normalized spacial score (nSPS) is 10.8. The Bertz CT molecular complexity index is 559. The van der Waals surface area contributed by atoms with Gasteiger partial charge in [-0.25, -0.2) is 13.1 Å². The summed E-state index contributed by atoms with van der Waals surface area (Å²) in [6, 6.07) is 6.37. The third-order valence-corrected chi connectivity index (χ3v) is 4.43. The molecule has 0 saturated heterocycles. The van der Waals surface area contributed by atoms with Crippen molar-refractivity contribution in [2.75, 3.05) is 25.2 Å². The molecule has 2 N–H and O–H groups in total.